The van der Waals surface area contributed by atoms with Crippen LogP contribution in [-0.4, -0.2) is 101 Å². The molecule has 3 aromatic heterocycles. The zero-order valence-corrected chi connectivity index (χ0v) is 32.1. The number of nitrogens with one attached hydrogen (secondary N) is 2. The highest BCUT2D eigenvalue weighted by atomic mass is 32.1. The lowest BCUT2D eigenvalue weighted by molar-refractivity contribution is -0.155. The molecule has 3 aliphatic heterocycles. The van der Waals surface area contributed by atoms with Crippen LogP contribution < -0.4 is 10.7 Å². The molecule has 13 nitrogen and oxygen atoms in total. The van der Waals surface area contributed by atoms with Gasteiger partial charge in [-0.15, -0.1) is 11.3 Å². The van der Waals surface area contributed by atoms with Gasteiger partial charge in [0.25, 0.3) is 5.91 Å². The second-order valence-electron chi connectivity index (χ2n) is 15.0. The van der Waals surface area contributed by atoms with Gasteiger partial charge in [0.2, 0.25) is 0 Å². The summed E-state index contributed by atoms with van der Waals surface area (Å²) in [6.07, 6.45) is 3.52. The molecule has 0 saturated carbocycles. The van der Waals surface area contributed by atoms with E-state index in [0.717, 1.165) is 51.2 Å². The summed E-state index contributed by atoms with van der Waals surface area (Å²) in [6.45, 7) is 10.6. The first-order valence-corrected chi connectivity index (χ1v) is 19.3. The summed E-state index contributed by atoms with van der Waals surface area (Å²) in [5.41, 5.74) is 9.56. The number of thiazole rings is 1. The van der Waals surface area contributed by atoms with E-state index in [9.17, 15) is 14.4 Å². The Balaban J connectivity index is 1.34. The van der Waals surface area contributed by atoms with Gasteiger partial charge < -0.3 is 29.0 Å². The summed E-state index contributed by atoms with van der Waals surface area (Å²) in [6, 6.07) is 8.47. The standard InChI is InChI=1S/C39H49N7O6S/c1-7-45-32-13-12-24-16-27(32)28(35(45)26-10-8-14-40-34(26)23(2)50-6)18-39(3,4)22-52-37(48)29-11-9-15-46(43-29)36(47)30(17-33-41-31(24)21-53-33)42-38(49)44(5)25-19-51-20-25/h8,10,12-14,16,21,23,25,29-30,43H,7,9,11,15,17-20,22H2,1-6H3,(H,42,49)/t23-,29-,30-/m0/s1. The Bertz CT molecular complexity index is 2000. The summed E-state index contributed by atoms with van der Waals surface area (Å²) < 4.78 is 19.4. The average molecular weight is 744 g/mol. The van der Waals surface area contributed by atoms with Crippen molar-refractivity contribution < 1.29 is 28.6 Å². The molecule has 0 aliphatic carbocycles. The molecule has 0 unspecified atom stereocenters. The van der Waals surface area contributed by atoms with Crippen molar-refractivity contribution in [3.05, 3.63) is 58.2 Å². The van der Waals surface area contributed by atoms with E-state index in [1.165, 1.54) is 16.3 Å². The second-order valence-corrected chi connectivity index (χ2v) is 16.0. The van der Waals surface area contributed by atoms with Gasteiger partial charge in [-0.05, 0) is 62.9 Å². The minimum absolute atomic E-state index is 0.0525. The summed E-state index contributed by atoms with van der Waals surface area (Å²) in [5.74, 6) is -0.738. The first-order valence-electron chi connectivity index (χ1n) is 18.4. The molecule has 2 saturated heterocycles. The second kappa shape index (κ2) is 15.2. The Morgan fingerprint density at radius 1 is 1.25 bits per heavy atom. The SMILES string of the molecule is CCn1c(-c2cccnc2[C@H](C)OC)c2c3cc(ccc31)-c1csc(n1)C[C@H](NC(=O)N(C)C1COC1)C(=O)N1CCC[C@H](N1)C(=O)OCC(C)(C)C2. The molecule has 282 valence electrons. The summed E-state index contributed by atoms with van der Waals surface area (Å²) in [5, 5.41) is 8.23. The number of carbonyl (C=O) groups is 3. The lowest BCUT2D eigenvalue weighted by Crippen LogP contribution is -2.62. The highest BCUT2D eigenvalue weighted by Crippen LogP contribution is 2.42. The number of ether oxygens (including phenoxy) is 3. The Labute approximate surface area is 314 Å². The number of urea groups is 1. The van der Waals surface area contributed by atoms with Gasteiger partial charge in [-0.2, -0.15) is 0 Å². The van der Waals surface area contributed by atoms with Gasteiger partial charge in [-0.3, -0.25) is 19.6 Å². The number of likely N-dealkylation sites (N-methyl/N-ethyl adjacent to an activating group) is 1. The number of amides is 3. The Morgan fingerprint density at radius 3 is 2.79 bits per heavy atom. The van der Waals surface area contributed by atoms with Crippen LogP contribution in [-0.2, 0) is 43.2 Å². The molecule has 0 spiro atoms. The van der Waals surface area contributed by atoms with Crippen LogP contribution in [0, 0.1) is 5.41 Å². The highest BCUT2D eigenvalue weighted by molar-refractivity contribution is 7.10. The number of hydrazine groups is 1. The molecule has 3 amide bonds. The van der Waals surface area contributed by atoms with E-state index in [0.29, 0.717) is 44.0 Å². The zero-order valence-electron chi connectivity index (χ0n) is 31.3. The van der Waals surface area contributed by atoms with Crippen molar-refractivity contribution in [3.63, 3.8) is 0 Å². The molecule has 6 heterocycles. The fourth-order valence-electron chi connectivity index (χ4n) is 7.43. The Hall–Kier alpha value is -4.37. The van der Waals surface area contributed by atoms with Crippen molar-refractivity contribution >= 4 is 40.1 Å². The van der Waals surface area contributed by atoms with E-state index in [-0.39, 0.29) is 37.1 Å². The minimum Gasteiger partial charge on any atom is -0.464 e. The molecule has 4 aromatic rings. The predicted molar refractivity (Wildman–Crippen MR) is 202 cm³/mol. The van der Waals surface area contributed by atoms with Gasteiger partial charge in [0, 0.05) is 72.7 Å². The number of rotatable bonds is 6. The van der Waals surface area contributed by atoms with Crippen LogP contribution in [0.4, 0.5) is 4.79 Å². The molecular formula is C39H49N7O6S. The van der Waals surface area contributed by atoms with E-state index in [2.05, 4.69) is 60.3 Å². The third-order valence-electron chi connectivity index (χ3n) is 10.6. The van der Waals surface area contributed by atoms with E-state index in [1.807, 2.05) is 18.4 Å². The molecule has 6 bridgehead atoms. The van der Waals surface area contributed by atoms with Crippen LogP contribution in [0.25, 0.3) is 33.4 Å². The number of esters is 1. The number of hydrogen-bond acceptors (Lipinski definition) is 10. The summed E-state index contributed by atoms with van der Waals surface area (Å²) >= 11 is 1.46. The van der Waals surface area contributed by atoms with E-state index in [1.54, 1.807) is 25.3 Å². The van der Waals surface area contributed by atoms with Crippen molar-refractivity contribution in [2.75, 3.05) is 40.5 Å². The van der Waals surface area contributed by atoms with Crippen LogP contribution in [0.5, 0.6) is 0 Å². The number of nitrogens with zero attached hydrogens (tertiary/aromatic N) is 5. The largest absolute Gasteiger partial charge is 0.464 e. The summed E-state index contributed by atoms with van der Waals surface area (Å²) in [4.78, 5) is 52.5. The molecule has 1 aromatic carbocycles. The fraction of sp³-hybridized carbons (Fsp3) is 0.513. The number of hydrogen-bond donors (Lipinski definition) is 2. The lowest BCUT2D eigenvalue weighted by atomic mass is 9.84. The topological polar surface area (TPSA) is 140 Å². The van der Waals surface area contributed by atoms with Crippen LogP contribution >= 0.6 is 11.3 Å². The Morgan fingerprint density at radius 2 is 2.06 bits per heavy atom. The third-order valence-corrected chi connectivity index (χ3v) is 11.5. The van der Waals surface area contributed by atoms with E-state index < -0.39 is 23.5 Å². The van der Waals surface area contributed by atoms with Crippen molar-refractivity contribution in [1.29, 1.82) is 0 Å². The van der Waals surface area contributed by atoms with E-state index in [4.69, 9.17) is 24.2 Å². The number of cyclic esters (lactones) is 1. The Kier molecular flexibility index (Phi) is 10.6. The molecule has 53 heavy (non-hydrogen) atoms. The normalized spacial score (nSPS) is 21.4. The van der Waals surface area contributed by atoms with Crippen LogP contribution in [0.1, 0.15) is 62.9 Å². The number of fused-ring (bicyclic) bond motifs is 6. The zero-order chi connectivity index (χ0) is 37.4. The quantitative estimate of drug-likeness (QED) is 0.258. The van der Waals surface area contributed by atoms with Crippen LogP contribution in [0.3, 0.4) is 0 Å². The number of pyridine rings is 1. The van der Waals surface area contributed by atoms with Gasteiger partial charge in [0.1, 0.15) is 12.1 Å². The average Bonchev–Trinajstić information content (AvgIpc) is 3.73. The minimum atomic E-state index is -0.913. The first kappa shape index (κ1) is 37.0. The molecule has 2 fully saturated rings. The molecule has 3 atom stereocenters. The number of methoxy groups -OCH3 is 1. The fourth-order valence-corrected chi connectivity index (χ4v) is 8.28. The lowest BCUT2D eigenvalue weighted by Gasteiger charge is -2.37. The van der Waals surface area contributed by atoms with Crippen LogP contribution in [0.15, 0.2) is 41.9 Å². The number of aryl methyl sites for hydroxylation is 1. The van der Waals surface area contributed by atoms with Crippen molar-refractivity contribution in [2.24, 2.45) is 5.41 Å². The molecule has 3 aliphatic rings. The smallest absolute Gasteiger partial charge is 0.324 e. The predicted octanol–water partition coefficient (Wildman–Crippen LogP) is 5.13. The van der Waals surface area contributed by atoms with Crippen molar-refractivity contribution in [3.8, 4) is 22.5 Å². The van der Waals surface area contributed by atoms with Gasteiger partial charge in [0.15, 0.2) is 0 Å². The summed E-state index contributed by atoms with van der Waals surface area (Å²) in [7, 11) is 3.40. The number of aromatic nitrogens is 3. The van der Waals surface area contributed by atoms with Crippen molar-refractivity contribution in [1.82, 2.24) is 35.2 Å². The van der Waals surface area contributed by atoms with E-state index >= 15 is 0 Å². The molecule has 7 rings (SSSR count). The molecule has 0 radical (unpaired) electrons. The van der Waals surface area contributed by atoms with Gasteiger partial charge in [-0.1, -0.05) is 19.9 Å². The third kappa shape index (κ3) is 7.42. The number of carbonyl (C=O) groups excluding carboxylic acids is 3. The molecule has 2 N–H and O–H groups in total. The molecule has 14 heteroatoms. The highest BCUT2D eigenvalue weighted by Gasteiger charge is 2.37. The van der Waals surface area contributed by atoms with Gasteiger partial charge in [0.05, 0.1) is 54.1 Å². The number of benzene rings is 1. The maximum Gasteiger partial charge on any atom is 0.324 e. The monoisotopic (exact) mass is 743 g/mol. The first-order chi connectivity index (χ1) is 25.5. The van der Waals surface area contributed by atoms with Crippen molar-refractivity contribution in [2.45, 2.75) is 84.2 Å². The maximum absolute atomic E-state index is 14.1. The van der Waals surface area contributed by atoms with Crippen LogP contribution in [0.2, 0.25) is 0 Å². The maximum atomic E-state index is 14.1. The van der Waals surface area contributed by atoms with Gasteiger partial charge >= 0.3 is 12.0 Å². The molecular weight excluding hydrogens is 695 g/mol. The van der Waals surface area contributed by atoms with Gasteiger partial charge in [-0.25, -0.2) is 15.2 Å².